The molecule has 1 fully saturated rings. The molecule has 1 aromatic rings. The molecule has 2 aliphatic heterocycles. The molecule has 84 valence electrons. The van der Waals surface area contributed by atoms with Crippen LogP contribution in [-0.4, -0.2) is 38.2 Å². The quantitative estimate of drug-likeness (QED) is 0.799. The summed E-state index contributed by atoms with van der Waals surface area (Å²) in [7, 11) is 1.66. The minimum Gasteiger partial charge on any atom is -0.496 e. The van der Waals surface area contributed by atoms with Gasteiger partial charge in [-0.15, -0.1) is 0 Å². The van der Waals surface area contributed by atoms with Gasteiger partial charge in [0.1, 0.15) is 17.9 Å². The van der Waals surface area contributed by atoms with Crippen molar-refractivity contribution >= 4 is 5.90 Å². The van der Waals surface area contributed by atoms with Gasteiger partial charge in [-0.2, -0.15) is 0 Å². The molecule has 16 heavy (non-hydrogen) atoms. The Labute approximate surface area is 94.3 Å². The standard InChI is InChI=1S/C12H14N2O2/c1-15-10-5-3-2-4-8(10)12-14-9-6-13-7-11(9)16-12/h2-5,9,11,13H,6-7H2,1H3. The van der Waals surface area contributed by atoms with Gasteiger partial charge in [-0.25, -0.2) is 4.99 Å². The van der Waals surface area contributed by atoms with E-state index < -0.39 is 0 Å². The van der Waals surface area contributed by atoms with E-state index in [0.29, 0.717) is 5.90 Å². The largest absolute Gasteiger partial charge is 0.496 e. The molecule has 2 aliphatic rings. The molecule has 2 unspecified atom stereocenters. The molecule has 0 amide bonds. The predicted octanol–water partition coefficient (Wildman–Crippen LogP) is 0.812. The van der Waals surface area contributed by atoms with Crippen molar-refractivity contribution in [2.75, 3.05) is 20.2 Å². The van der Waals surface area contributed by atoms with Gasteiger partial charge in [0.25, 0.3) is 0 Å². The van der Waals surface area contributed by atoms with Gasteiger partial charge in [0.2, 0.25) is 5.90 Å². The molecular formula is C12H14N2O2. The van der Waals surface area contributed by atoms with Crippen LogP contribution >= 0.6 is 0 Å². The average Bonchev–Trinajstić information content (AvgIpc) is 2.89. The highest BCUT2D eigenvalue weighted by Gasteiger charge is 2.36. The molecule has 0 aliphatic carbocycles. The van der Waals surface area contributed by atoms with Crippen LogP contribution in [0.5, 0.6) is 5.75 Å². The molecule has 2 heterocycles. The maximum Gasteiger partial charge on any atom is 0.220 e. The fourth-order valence-corrected chi connectivity index (χ4v) is 2.17. The third-order valence-electron chi connectivity index (χ3n) is 3.01. The summed E-state index contributed by atoms with van der Waals surface area (Å²) >= 11 is 0. The summed E-state index contributed by atoms with van der Waals surface area (Å²) in [6.45, 7) is 1.79. The van der Waals surface area contributed by atoms with Gasteiger partial charge < -0.3 is 14.8 Å². The van der Waals surface area contributed by atoms with Crippen LogP contribution in [0.3, 0.4) is 0 Å². The van der Waals surface area contributed by atoms with Gasteiger partial charge in [0.15, 0.2) is 0 Å². The van der Waals surface area contributed by atoms with E-state index in [9.17, 15) is 0 Å². The van der Waals surface area contributed by atoms with Crippen LogP contribution < -0.4 is 10.1 Å². The fraction of sp³-hybridized carbons (Fsp3) is 0.417. The second-order valence-corrected chi connectivity index (χ2v) is 4.02. The first-order chi connectivity index (χ1) is 7.88. The van der Waals surface area contributed by atoms with Crippen molar-refractivity contribution in [2.45, 2.75) is 12.1 Å². The Morgan fingerprint density at radius 2 is 2.25 bits per heavy atom. The van der Waals surface area contributed by atoms with Crippen molar-refractivity contribution in [1.82, 2.24) is 5.32 Å². The summed E-state index contributed by atoms with van der Waals surface area (Å²) in [4.78, 5) is 4.58. The number of hydrogen-bond donors (Lipinski definition) is 1. The monoisotopic (exact) mass is 218 g/mol. The van der Waals surface area contributed by atoms with Crippen molar-refractivity contribution in [3.8, 4) is 5.75 Å². The molecular weight excluding hydrogens is 204 g/mol. The first kappa shape index (κ1) is 9.66. The van der Waals surface area contributed by atoms with Crippen molar-refractivity contribution < 1.29 is 9.47 Å². The van der Waals surface area contributed by atoms with Crippen molar-refractivity contribution in [2.24, 2.45) is 4.99 Å². The van der Waals surface area contributed by atoms with Crippen LogP contribution in [0, 0.1) is 0 Å². The second kappa shape index (κ2) is 3.79. The van der Waals surface area contributed by atoms with Crippen LogP contribution in [0.1, 0.15) is 5.56 Å². The van der Waals surface area contributed by atoms with E-state index in [-0.39, 0.29) is 12.1 Å². The predicted molar refractivity (Wildman–Crippen MR) is 61.1 cm³/mol. The van der Waals surface area contributed by atoms with Gasteiger partial charge in [0, 0.05) is 13.1 Å². The van der Waals surface area contributed by atoms with Crippen LogP contribution in [0.15, 0.2) is 29.3 Å². The van der Waals surface area contributed by atoms with E-state index in [1.54, 1.807) is 7.11 Å². The molecule has 1 aromatic carbocycles. The summed E-state index contributed by atoms with van der Waals surface area (Å²) in [5.74, 6) is 1.53. The molecule has 0 saturated carbocycles. The van der Waals surface area contributed by atoms with Gasteiger partial charge >= 0.3 is 0 Å². The number of nitrogens with zero attached hydrogens (tertiary/aromatic N) is 1. The summed E-state index contributed by atoms with van der Waals surface area (Å²) < 4.78 is 11.1. The Morgan fingerprint density at radius 1 is 1.38 bits per heavy atom. The Morgan fingerprint density at radius 3 is 3.06 bits per heavy atom. The molecule has 4 nitrogen and oxygen atoms in total. The zero-order valence-electron chi connectivity index (χ0n) is 9.14. The number of para-hydroxylation sites is 1. The lowest BCUT2D eigenvalue weighted by atomic mass is 10.2. The lowest BCUT2D eigenvalue weighted by molar-refractivity contribution is 0.224. The maximum atomic E-state index is 5.82. The van der Waals surface area contributed by atoms with Crippen LogP contribution in [-0.2, 0) is 4.74 Å². The number of ether oxygens (including phenoxy) is 2. The van der Waals surface area contributed by atoms with E-state index in [2.05, 4.69) is 10.3 Å². The topological polar surface area (TPSA) is 42.8 Å². The highest BCUT2D eigenvalue weighted by Crippen LogP contribution is 2.25. The SMILES string of the molecule is COc1ccccc1C1=NC2CNCC2O1. The molecule has 0 bridgehead atoms. The zero-order chi connectivity index (χ0) is 11.0. The molecule has 0 aromatic heterocycles. The van der Waals surface area contributed by atoms with E-state index in [1.165, 1.54) is 0 Å². The number of fused-ring (bicyclic) bond motifs is 1. The molecule has 0 radical (unpaired) electrons. The van der Waals surface area contributed by atoms with Gasteiger partial charge in [-0.1, -0.05) is 12.1 Å². The van der Waals surface area contributed by atoms with Crippen molar-refractivity contribution in [1.29, 1.82) is 0 Å². The second-order valence-electron chi connectivity index (χ2n) is 4.02. The summed E-state index contributed by atoms with van der Waals surface area (Å²) in [5, 5.41) is 3.26. The molecule has 1 saturated heterocycles. The van der Waals surface area contributed by atoms with Crippen molar-refractivity contribution in [3.63, 3.8) is 0 Å². The van der Waals surface area contributed by atoms with E-state index >= 15 is 0 Å². The van der Waals surface area contributed by atoms with Gasteiger partial charge in [-0.05, 0) is 12.1 Å². The van der Waals surface area contributed by atoms with Gasteiger partial charge in [0.05, 0.1) is 12.7 Å². The fourth-order valence-electron chi connectivity index (χ4n) is 2.17. The number of benzene rings is 1. The minimum atomic E-state index is 0.194. The first-order valence-corrected chi connectivity index (χ1v) is 5.47. The highest BCUT2D eigenvalue weighted by atomic mass is 16.5. The Balaban J connectivity index is 1.93. The number of methoxy groups -OCH3 is 1. The summed E-state index contributed by atoms with van der Waals surface area (Å²) in [5.41, 5.74) is 0.944. The number of nitrogens with one attached hydrogen (secondary N) is 1. The normalized spacial score (nSPS) is 27.2. The van der Waals surface area contributed by atoms with Crippen LogP contribution in [0.4, 0.5) is 0 Å². The lowest BCUT2D eigenvalue weighted by Crippen LogP contribution is -2.20. The third kappa shape index (κ3) is 1.46. The summed E-state index contributed by atoms with van der Waals surface area (Å²) in [6.07, 6.45) is 0.194. The number of hydrogen-bond acceptors (Lipinski definition) is 4. The maximum absolute atomic E-state index is 5.82. The smallest absolute Gasteiger partial charge is 0.220 e. The zero-order valence-corrected chi connectivity index (χ0v) is 9.14. The summed E-state index contributed by atoms with van der Waals surface area (Å²) in [6, 6.07) is 8.08. The van der Waals surface area contributed by atoms with Crippen molar-refractivity contribution in [3.05, 3.63) is 29.8 Å². The van der Waals surface area contributed by atoms with Crippen LogP contribution in [0.25, 0.3) is 0 Å². The van der Waals surface area contributed by atoms with E-state index in [0.717, 1.165) is 24.4 Å². The molecule has 3 rings (SSSR count). The Bertz CT molecular complexity index is 431. The molecule has 2 atom stereocenters. The third-order valence-corrected chi connectivity index (χ3v) is 3.01. The molecule has 4 heteroatoms. The van der Waals surface area contributed by atoms with E-state index in [1.807, 2.05) is 24.3 Å². The number of aliphatic imine (C=N–C) groups is 1. The minimum absolute atomic E-state index is 0.194. The molecule has 0 spiro atoms. The average molecular weight is 218 g/mol. The first-order valence-electron chi connectivity index (χ1n) is 5.47. The Kier molecular flexibility index (Phi) is 2.29. The van der Waals surface area contributed by atoms with Crippen LogP contribution in [0.2, 0.25) is 0 Å². The Hall–Kier alpha value is -1.55. The van der Waals surface area contributed by atoms with Gasteiger partial charge in [-0.3, -0.25) is 0 Å². The lowest BCUT2D eigenvalue weighted by Gasteiger charge is -2.10. The molecule has 1 N–H and O–H groups in total. The number of rotatable bonds is 2. The highest BCUT2D eigenvalue weighted by molar-refractivity contribution is 5.98. The van der Waals surface area contributed by atoms with E-state index in [4.69, 9.17) is 9.47 Å².